The first-order chi connectivity index (χ1) is 11.4. The lowest BCUT2D eigenvalue weighted by atomic mass is 9.93. The number of alkyl halides is 2. The molecule has 0 unspecified atom stereocenters. The molecule has 1 spiro atoms. The predicted octanol–water partition coefficient (Wildman–Crippen LogP) is 2.32. The zero-order chi connectivity index (χ0) is 17.3. The molecule has 3 rings (SSSR count). The first kappa shape index (κ1) is 16.8. The third-order valence-corrected chi connectivity index (χ3v) is 4.13. The van der Waals surface area contributed by atoms with E-state index in [2.05, 4.69) is 4.74 Å². The van der Waals surface area contributed by atoms with Crippen LogP contribution in [-0.4, -0.2) is 61.4 Å². The highest BCUT2D eigenvalue weighted by molar-refractivity contribution is 5.70. The fourth-order valence-corrected chi connectivity index (χ4v) is 3.26. The summed E-state index contributed by atoms with van der Waals surface area (Å²) >= 11 is 0. The molecule has 24 heavy (non-hydrogen) atoms. The molecule has 1 aromatic rings. The Morgan fingerprint density at radius 3 is 2.67 bits per heavy atom. The first-order valence-corrected chi connectivity index (χ1v) is 7.78. The highest BCUT2D eigenvalue weighted by Gasteiger charge is 2.52. The standard InChI is InChI=1S/C16H20F2N2O4/c1-3-22-12-6-4-5-11(13(12)23-14(17)18)7-20-9-16(10-20)8-19(2)15(21)24-16/h4-6,14H,3,7-10H2,1-2H3. The molecule has 2 heterocycles. The van der Waals surface area contributed by atoms with Crippen LogP contribution in [0.25, 0.3) is 0 Å². The summed E-state index contributed by atoms with van der Waals surface area (Å²) in [5.74, 6) is 0.369. The van der Waals surface area contributed by atoms with E-state index in [0.717, 1.165) is 0 Å². The van der Waals surface area contributed by atoms with Gasteiger partial charge in [-0.25, -0.2) is 4.79 Å². The largest absolute Gasteiger partial charge is 0.490 e. The molecule has 2 aliphatic rings. The average Bonchev–Trinajstić information content (AvgIpc) is 2.77. The molecule has 8 heteroatoms. The molecule has 0 radical (unpaired) electrons. The van der Waals surface area contributed by atoms with Crippen molar-refractivity contribution in [1.29, 1.82) is 0 Å². The van der Waals surface area contributed by atoms with E-state index in [1.54, 1.807) is 37.1 Å². The smallest absolute Gasteiger partial charge is 0.410 e. The molecule has 0 aliphatic carbocycles. The van der Waals surface area contributed by atoms with Gasteiger partial charge in [0.05, 0.1) is 13.2 Å². The maximum atomic E-state index is 12.7. The summed E-state index contributed by atoms with van der Waals surface area (Å²) in [5.41, 5.74) is 0.140. The van der Waals surface area contributed by atoms with Crippen LogP contribution < -0.4 is 9.47 Å². The molecule has 0 aromatic heterocycles. The van der Waals surface area contributed by atoms with Gasteiger partial charge in [-0.05, 0) is 13.0 Å². The maximum absolute atomic E-state index is 12.7. The van der Waals surface area contributed by atoms with Crippen molar-refractivity contribution >= 4 is 6.09 Å². The van der Waals surface area contributed by atoms with Gasteiger partial charge in [-0.15, -0.1) is 0 Å². The second-order valence-electron chi connectivity index (χ2n) is 6.11. The summed E-state index contributed by atoms with van der Waals surface area (Å²) in [6.07, 6.45) is -0.324. The van der Waals surface area contributed by atoms with Crippen LogP contribution in [0.4, 0.5) is 13.6 Å². The number of carbonyl (C=O) groups excluding carboxylic acids is 1. The van der Waals surface area contributed by atoms with E-state index in [-0.39, 0.29) is 11.8 Å². The van der Waals surface area contributed by atoms with Crippen molar-refractivity contribution in [3.05, 3.63) is 23.8 Å². The summed E-state index contributed by atoms with van der Waals surface area (Å²) in [7, 11) is 1.69. The molecule has 0 bridgehead atoms. The predicted molar refractivity (Wildman–Crippen MR) is 81.4 cm³/mol. The number of halogens is 2. The van der Waals surface area contributed by atoms with Crippen molar-refractivity contribution in [3.63, 3.8) is 0 Å². The molecule has 2 saturated heterocycles. The maximum Gasteiger partial charge on any atom is 0.410 e. The molecule has 2 fully saturated rings. The normalized spacial score (nSPS) is 19.5. The van der Waals surface area contributed by atoms with E-state index in [0.29, 0.717) is 44.1 Å². The summed E-state index contributed by atoms with van der Waals surface area (Å²) in [6.45, 7) is 1.32. The van der Waals surface area contributed by atoms with Crippen LogP contribution in [-0.2, 0) is 11.3 Å². The second-order valence-corrected chi connectivity index (χ2v) is 6.11. The Balaban J connectivity index is 1.70. The Morgan fingerprint density at radius 2 is 2.08 bits per heavy atom. The van der Waals surface area contributed by atoms with E-state index in [4.69, 9.17) is 9.47 Å². The Morgan fingerprint density at radius 1 is 1.33 bits per heavy atom. The van der Waals surface area contributed by atoms with Crippen LogP contribution >= 0.6 is 0 Å². The zero-order valence-electron chi connectivity index (χ0n) is 13.6. The lowest BCUT2D eigenvalue weighted by Gasteiger charge is -2.45. The third-order valence-electron chi connectivity index (χ3n) is 4.13. The summed E-state index contributed by atoms with van der Waals surface area (Å²) < 4.78 is 40.9. The molecule has 0 atom stereocenters. The molecule has 2 aliphatic heterocycles. The van der Waals surface area contributed by atoms with Crippen LogP contribution in [0.1, 0.15) is 12.5 Å². The van der Waals surface area contributed by atoms with Gasteiger partial charge in [0.15, 0.2) is 17.1 Å². The number of benzene rings is 1. The van der Waals surface area contributed by atoms with E-state index >= 15 is 0 Å². The van der Waals surface area contributed by atoms with Gasteiger partial charge in [0.25, 0.3) is 0 Å². The number of rotatable bonds is 6. The van der Waals surface area contributed by atoms with Crippen LogP contribution in [0.3, 0.4) is 0 Å². The van der Waals surface area contributed by atoms with E-state index in [9.17, 15) is 13.6 Å². The van der Waals surface area contributed by atoms with Gasteiger partial charge in [-0.3, -0.25) is 4.90 Å². The van der Waals surface area contributed by atoms with E-state index < -0.39 is 12.2 Å². The van der Waals surface area contributed by atoms with Crippen molar-refractivity contribution in [1.82, 2.24) is 9.80 Å². The lowest BCUT2D eigenvalue weighted by Crippen LogP contribution is -2.63. The molecule has 0 N–H and O–H groups in total. The van der Waals surface area contributed by atoms with Crippen molar-refractivity contribution in [2.24, 2.45) is 0 Å². The number of para-hydroxylation sites is 1. The Labute approximate surface area is 138 Å². The Hall–Kier alpha value is -2.09. The van der Waals surface area contributed by atoms with Crippen molar-refractivity contribution < 1.29 is 27.8 Å². The van der Waals surface area contributed by atoms with Gasteiger partial charge >= 0.3 is 12.7 Å². The van der Waals surface area contributed by atoms with Crippen molar-refractivity contribution in [2.45, 2.75) is 25.7 Å². The van der Waals surface area contributed by atoms with Gasteiger partial charge in [0.2, 0.25) is 0 Å². The van der Waals surface area contributed by atoms with Gasteiger partial charge in [-0.1, -0.05) is 12.1 Å². The van der Waals surface area contributed by atoms with E-state index in [1.165, 1.54) is 0 Å². The van der Waals surface area contributed by atoms with Crippen LogP contribution in [0, 0.1) is 0 Å². The highest BCUT2D eigenvalue weighted by atomic mass is 19.3. The number of nitrogens with zero attached hydrogens (tertiary/aromatic N) is 2. The number of likely N-dealkylation sites (N-methyl/N-ethyl adjacent to an activating group) is 1. The first-order valence-electron chi connectivity index (χ1n) is 7.78. The van der Waals surface area contributed by atoms with Crippen LogP contribution in [0.2, 0.25) is 0 Å². The third kappa shape index (κ3) is 3.24. The summed E-state index contributed by atoms with van der Waals surface area (Å²) in [6, 6.07) is 5.09. The topological polar surface area (TPSA) is 51.2 Å². The quantitative estimate of drug-likeness (QED) is 0.794. The van der Waals surface area contributed by atoms with Crippen LogP contribution in [0.15, 0.2) is 18.2 Å². The van der Waals surface area contributed by atoms with Gasteiger partial charge in [-0.2, -0.15) is 8.78 Å². The number of carbonyl (C=O) groups is 1. The number of likely N-dealkylation sites (tertiary alicyclic amines) is 1. The fraction of sp³-hybridized carbons (Fsp3) is 0.562. The average molecular weight is 342 g/mol. The minimum atomic E-state index is -2.92. The number of ether oxygens (including phenoxy) is 3. The van der Waals surface area contributed by atoms with Crippen molar-refractivity contribution in [2.75, 3.05) is 33.3 Å². The SMILES string of the molecule is CCOc1cccc(CN2CC3(C2)CN(C)C(=O)O3)c1OC(F)F. The van der Waals surface area contributed by atoms with Gasteiger partial charge in [0.1, 0.15) is 0 Å². The summed E-state index contributed by atoms with van der Waals surface area (Å²) in [4.78, 5) is 15.1. The minimum absolute atomic E-state index is 0.0656. The number of hydrogen-bond donors (Lipinski definition) is 0. The zero-order valence-corrected chi connectivity index (χ0v) is 13.6. The fourth-order valence-electron chi connectivity index (χ4n) is 3.26. The molecule has 1 aromatic carbocycles. The van der Waals surface area contributed by atoms with E-state index in [1.807, 2.05) is 4.90 Å². The van der Waals surface area contributed by atoms with Gasteiger partial charge in [0, 0.05) is 32.2 Å². The molecule has 132 valence electrons. The molecule has 1 amide bonds. The monoisotopic (exact) mass is 342 g/mol. The molecular formula is C16H20F2N2O4. The molecule has 0 saturated carbocycles. The minimum Gasteiger partial charge on any atom is -0.490 e. The number of hydrogen-bond acceptors (Lipinski definition) is 5. The van der Waals surface area contributed by atoms with Crippen molar-refractivity contribution in [3.8, 4) is 11.5 Å². The van der Waals surface area contributed by atoms with Gasteiger partial charge < -0.3 is 19.1 Å². The summed E-state index contributed by atoms with van der Waals surface area (Å²) in [5, 5.41) is 0. The lowest BCUT2D eigenvalue weighted by molar-refractivity contribution is -0.0795. The highest BCUT2D eigenvalue weighted by Crippen LogP contribution is 2.37. The number of amides is 1. The molecular weight excluding hydrogens is 322 g/mol. The Kier molecular flexibility index (Phi) is 4.49. The Bertz CT molecular complexity index is 620. The van der Waals surface area contributed by atoms with Crippen LogP contribution in [0.5, 0.6) is 11.5 Å². The molecule has 6 nitrogen and oxygen atoms in total. The second kappa shape index (κ2) is 6.43.